The second-order valence-corrected chi connectivity index (χ2v) is 8.92. The zero-order chi connectivity index (χ0) is 27.4. The highest BCUT2D eigenvalue weighted by atomic mass is 31.2. The molecule has 0 saturated carbocycles. The zero-order valence-corrected chi connectivity index (χ0v) is 19.1. The average Bonchev–Trinajstić information content (AvgIpc) is 3.10. The van der Waals surface area contributed by atoms with Gasteiger partial charge in [-0.05, 0) is 6.07 Å². The minimum Gasteiger partial charge on any atom is -0.451 e. The van der Waals surface area contributed by atoms with Gasteiger partial charge in [0.25, 0.3) is 0 Å². The molecule has 36 heavy (non-hydrogen) atoms. The summed E-state index contributed by atoms with van der Waals surface area (Å²) < 4.78 is 26.4. The Bertz CT molecular complexity index is 1030. The Morgan fingerprint density at radius 2 is 1.81 bits per heavy atom. The van der Waals surface area contributed by atoms with Crippen LogP contribution in [0.4, 0.5) is 5.82 Å². The summed E-state index contributed by atoms with van der Waals surface area (Å²) in [6, 6.07) is 1.16. The molecule has 0 bridgehead atoms. The van der Waals surface area contributed by atoms with Crippen molar-refractivity contribution in [1.29, 1.82) is 0 Å². The van der Waals surface area contributed by atoms with E-state index in [0.29, 0.717) is 0 Å². The summed E-state index contributed by atoms with van der Waals surface area (Å²) in [5.74, 6) is -3.35. The van der Waals surface area contributed by atoms with Crippen molar-refractivity contribution >= 4 is 25.4 Å². The Morgan fingerprint density at radius 1 is 1.19 bits per heavy atom. The Hall–Kier alpha value is -2.35. The van der Waals surface area contributed by atoms with E-state index < -0.39 is 93.9 Å². The van der Waals surface area contributed by atoms with E-state index in [0.717, 1.165) is 16.8 Å². The zero-order valence-electron chi connectivity index (χ0n) is 18.2. The second kappa shape index (κ2) is 12.3. The van der Waals surface area contributed by atoms with Crippen molar-refractivity contribution < 1.29 is 68.6 Å². The lowest BCUT2D eigenvalue weighted by atomic mass is 9.99. The fourth-order valence-corrected chi connectivity index (χ4v) is 3.51. The predicted molar refractivity (Wildman–Crippen MR) is 111 cm³/mol. The number of phosphoric acid groups is 1. The Labute approximate surface area is 201 Å². The molecule has 2 heterocycles. The number of carbonyl (C=O) groups excluding carboxylic acids is 2. The Kier molecular flexibility index (Phi) is 10.2. The summed E-state index contributed by atoms with van der Waals surface area (Å²) in [6.45, 7) is -1.94. The molecule has 1 saturated heterocycles. The summed E-state index contributed by atoms with van der Waals surface area (Å²) in [4.78, 5) is 57.9. The number of hydrogen-bond acceptors (Lipinski definition) is 15. The second-order valence-electron chi connectivity index (χ2n) is 7.68. The van der Waals surface area contributed by atoms with Crippen LogP contribution in [0.1, 0.15) is 12.6 Å². The van der Waals surface area contributed by atoms with Crippen molar-refractivity contribution in [2.24, 2.45) is 0 Å². The minimum absolute atomic E-state index is 0.170. The van der Waals surface area contributed by atoms with E-state index in [1.54, 1.807) is 0 Å². The van der Waals surface area contributed by atoms with Gasteiger partial charge in [-0.2, -0.15) is 4.98 Å². The van der Waals surface area contributed by atoms with E-state index in [4.69, 9.17) is 30.1 Å². The van der Waals surface area contributed by atoms with Crippen LogP contribution in [0.2, 0.25) is 0 Å². The van der Waals surface area contributed by atoms with Crippen molar-refractivity contribution in [3.05, 3.63) is 22.7 Å². The molecule has 1 aliphatic rings. The van der Waals surface area contributed by atoms with Gasteiger partial charge in [-0.1, -0.05) is 0 Å². The molecule has 19 heteroatoms. The van der Waals surface area contributed by atoms with Crippen LogP contribution in [0.25, 0.3) is 0 Å². The van der Waals surface area contributed by atoms with Crippen molar-refractivity contribution in [3.63, 3.8) is 0 Å². The molecule has 0 radical (unpaired) electrons. The number of nitrogens with zero attached hydrogens (tertiary/aromatic N) is 2. The molecule has 0 aromatic carbocycles. The first-order valence-corrected chi connectivity index (χ1v) is 11.6. The van der Waals surface area contributed by atoms with Crippen molar-refractivity contribution in [3.8, 4) is 0 Å². The molecule has 0 amide bonds. The summed E-state index contributed by atoms with van der Waals surface area (Å²) in [5.41, 5.74) is 4.39. The van der Waals surface area contributed by atoms with Crippen LogP contribution >= 0.6 is 7.82 Å². The molecule has 0 unspecified atom stereocenters. The molecule has 0 spiro atoms. The van der Waals surface area contributed by atoms with Gasteiger partial charge in [-0.15, -0.1) is 0 Å². The van der Waals surface area contributed by atoms with Crippen LogP contribution in [0, 0.1) is 0 Å². The third-order valence-electron chi connectivity index (χ3n) is 5.03. The largest absolute Gasteiger partial charge is 0.469 e. The number of anilines is 1. The van der Waals surface area contributed by atoms with Crippen molar-refractivity contribution in [2.45, 2.75) is 55.4 Å². The number of nitrogen functional groups attached to an aromatic ring is 1. The number of carbonyl (C=O) groups is 2. The number of aromatic nitrogens is 2. The van der Waals surface area contributed by atoms with E-state index in [1.165, 1.54) is 0 Å². The van der Waals surface area contributed by atoms with Gasteiger partial charge in [0.2, 0.25) is 5.78 Å². The average molecular weight is 543 g/mol. The molecular formula is C17H26N3O15P. The highest BCUT2D eigenvalue weighted by Gasteiger charge is 2.49. The lowest BCUT2D eigenvalue weighted by Gasteiger charge is -2.25. The van der Waals surface area contributed by atoms with Gasteiger partial charge in [0.1, 0.15) is 36.3 Å². The van der Waals surface area contributed by atoms with Gasteiger partial charge in [0, 0.05) is 12.6 Å². The number of ketones is 1. The topological polar surface area (TPSA) is 302 Å². The maximum absolute atomic E-state index is 12.3. The Balaban J connectivity index is 2.17. The summed E-state index contributed by atoms with van der Waals surface area (Å²) in [6.07, 6.45) is -15.2. The monoisotopic (exact) mass is 543 g/mol. The molecule has 2 rings (SSSR count). The lowest BCUT2D eigenvalue weighted by molar-refractivity contribution is -0.166. The molecule has 8 atom stereocenters. The third-order valence-corrected chi connectivity index (χ3v) is 5.52. The van der Waals surface area contributed by atoms with Gasteiger partial charge < -0.3 is 55.6 Å². The van der Waals surface area contributed by atoms with Crippen LogP contribution in [0.15, 0.2) is 17.1 Å². The van der Waals surface area contributed by atoms with E-state index in [1.807, 2.05) is 0 Å². The number of ether oxygens (including phenoxy) is 2. The maximum Gasteiger partial charge on any atom is 0.469 e. The normalized spacial score (nSPS) is 25.7. The number of esters is 1. The van der Waals surface area contributed by atoms with Crippen LogP contribution in [0.5, 0.6) is 0 Å². The predicted octanol–water partition coefficient (Wildman–Crippen LogP) is -5.50. The number of phosphoric ester groups is 1. The smallest absolute Gasteiger partial charge is 0.451 e. The number of aliphatic hydroxyl groups is 6. The van der Waals surface area contributed by atoms with Crippen molar-refractivity contribution in [2.75, 3.05) is 18.9 Å². The first-order valence-electron chi connectivity index (χ1n) is 10.1. The van der Waals surface area contributed by atoms with Gasteiger partial charge >= 0.3 is 19.5 Å². The van der Waals surface area contributed by atoms with Crippen LogP contribution < -0.4 is 11.4 Å². The van der Waals surface area contributed by atoms with Crippen molar-refractivity contribution in [1.82, 2.24) is 9.55 Å². The summed E-state index contributed by atoms with van der Waals surface area (Å²) in [5, 5.41) is 57.9. The SMILES string of the molecule is Nc1ccn([C@@H]2O[C@H](COP(=O)(O)O)[C@@H](OC(=O)C(=O)C[C@@H](O)[C@@H](O)[C@H](O)[C@H](O)CO)[C@H]2O)c(=O)n1. The first-order chi connectivity index (χ1) is 16.7. The maximum atomic E-state index is 12.3. The molecule has 1 aromatic rings. The molecule has 0 aliphatic carbocycles. The van der Waals surface area contributed by atoms with Crippen LogP contribution in [0.3, 0.4) is 0 Å². The molecule has 204 valence electrons. The molecule has 1 aromatic heterocycles. The molecule has 18 nitrogen and oxygen atoms in total. The third kappa shape index (κ3) is 7.58. The van der Waals surface area contributed by atoms with Gasteiger partial charge in [-0.3, -0.25) is 13.9 Å². The van der Waals surface area contributed by atoms with E-state index in [2.05, 4.69) is 9.51 Å². The van der Waals surface area contributed by atoms with Gasteiger partial charge in [0.05, 0.1) is 19.3 Å². The standard InChI is InChI=1S/C17H26N3O15P/c18-10-1-2-20(17(29)19-10)15-13(27)14(9(34-15)5-33-36(30,31)32)35-16(28)7(23)3-6(22)11(25)12(26)8(24)4-21/h1-2,6,8-9,11-15,21-22,24-27H,3-5H2,(H2,18,19,29)(H2,30,31,32)/t6-,8-,9-,11-,12-,13-,14-,15-/m1/s1. The number of aliphatic hydroxyl groups excluding tert-OH is 6. The first kappa shape index (κ1) is 29.9. The fourth-order valence-electron chi connectivity index (χ4n) is 3.17. The number of hydrogen-bond donors (Lipinski definition) is 9. The number of rotatable bonds is 12. The highest BCUT2D eigenvalue weighted by molar-refractivity contribution is 7.46. The van der Waals surface area contributed by atoms with E-state index in [9.17, 15) is 44.5 Å². The molecule has 1 aliphatic heterocycles. The summed E-state index contributed by atoms with van der Waals surface area (Å²) in [7, 11) is -5.07. The van der Waals surface area contributed by atoms with Crippen LogP contribution in [-0.4, -0.2) is 118 Å². The van der Waals surface area contributed by atoms with E-state index in [-0.39, 0.29) is 5.82 Å². The fraction of sp³-hybridized carbons (Fsp3) is 0.647. The molecular weight excluding hydrogens is 517 g/mol. The number of Topliss-reactive ketones (excluding diaryl/α,β-unsaturated/α-hetero) is 1. The molecule has 1 fully saturated rings. The quantitative estimate of drug-likeness (QED) is 0.0674. The lowest BCUT2D eigenvalue weighted by Crippen LogP contribution is -2.47. The molecule has 10 N–H and O–H groups in total. The van der Waals surface area contributed by atoms with Gasteiger partial charge in [0.15, 0.2) is 12.3 Å². The Morgan fingerprint density at radius 3 is 2.36 bits per heavy atom. The minimum atomic E-state index is -5.07. The van der Waals surface area contributed by atoms with Gasteiger partial charge in [-0.25, -0.2) is 14.2 Å². The number of nitrogens with two attached hydrogens (primary N) is 1. The highest BCUT2D eigenvalue weighted by Crippen LogP contribution is 2.39. The summed E-state index contributed by atoms with van der Waals surface area (Å²) >= 11 is 0. The van der Waals surface area contributed by atoms with E-state index >= 15 is 0 Å². The van der Waals surface area contributed by atoms with Crippen LogP contribution in [-0.2, 0) is 28.2 Å².